The van der Waals surface area contributed by atoms with Gasteiger partial charge in [-0.15, -0.1) is 0 Å². The Morgan fingerprint density at radius 3 is 2.58 bits per heavy atom. The largest absolute Gasteiger partial charge is 0.327 e. The van der Waals surface area contributed by atoms with Crippen molar-refractivity contribution in [2.75, 3.05) is 26.2 Å². The quantitative estimate of drug-likeness (QED) is 0.637. The van der Waals surface area contributed by atoms with Crippen molar-refractivity contribution in [1.82, 2.24) is 4.90 Å². The van der Waals surface area contributed by atoms with Gasteiger partial charge < -0.3 is 5.73 Å². The fraction of sp³-hybridized carbons (Fsp3) is 0.800. The molecular formula is C10H20N2. The van der Waals surface area contributed by atoms with Crippen LogP contribution in [0.4, 0.5) is 0 Å². The van der Waals surface area contributed by atoms with E-state index in [1.165, 1.54) is 13.1 Å². The zero-order valence-corrected chi connectivity index (χ0v) is 8.16. The Hall–Kier alpha value is -0.340. The minimum Gasteiger partial charge on any atom is -0.327 e. The smallest absolute Gasteiger partial charge is 0.0163 e. The van der Waals surface area contributed by atoms with Crippen molar-refractivity contribution in [3.63, 3.8) is 0 Å². The van der Waals surface area contributed by atoms with Gasteiger partial charge in [0.15, 0.2) is 0 Å². The van der Waals surface area contributed by atoms with Crippen molar-refractivity contribution < 1.29 is 0 Å². The molecule has 0 bridgehead atoms. The van der Waals surface area contributed by atoms with E-state index in [0.29, 0.717) is 6.54 Å². The molecule has 0 atom stereocenters. The van der Waals surface area contributed by atoms with Gasteiger partial charge in [-0.3, -0.25) is 4.90 Å². The monoisotopic (exact) mass is 168 g/mol. The highest BCUT2D eigenvalue weighted by atomic mass is 15.2. The molecule has 1 aliphatic rings. The van der Waals surface area contributed by atoms with Crippen LogP contribution in [0.2, 0.25) is 0 Å². The second kappa shape index (κ2) is 4.63. The van der Waals surface area contributed by atoms with Crippen molar-refractivity contribution in [3.8, 4) is 0 Å². The Morgan fingerprint density at radius 1 is 1.42 bits per heavy atom. The van der Waals surface area contributed by atoms with Crippen LogP contribution < -0.4 is 5.73 Å². The van der Waals surface area contributed by atoms with E-state index in [2.05, 4.69) is 24.8 Å². The molecule has 1 aliphatic heterocycles. The van der Waals surface area contributed by atoms with Gasteiger partial charge >= 0.3 is 0 Å². The molecule has 2 N–H and O–H groups in total. The van der Waals surface area contributed by atoms with Gasteiger partial charge in [-0.05, 0) is 11.8 Å². The van der Waals surface area contributed by atoms with Gasteiger partial charge in [-0.25, -0.2) is 0 Å². The van der Waals surface area contributed by atoms with Crippen LogP contribution in [-0.4, -0.2) is 31.1 Å². The molecule has 1 heterocycles. The summed E-state index contributed by atoms with van der Waals surface area (Å²) in [5.41, 5.74) is 5.34. The van der Waals surface area contributed by atoms with E-state index in [4.69, 9.17) is 5.73 Å². The van der Waals surface area contributed by atoms with Crippen LogP contribution in [0, 0.1) is 11.8 Å². The lowest BCUT2D eigenvalue weighted by molar-refractivity contribution is 0.0810. The normalized spacial score (nSPS) is 20.7. The first-order valence-corrected chi connectivity index (χ1v) is 4.81. The average Bonchev–Trinajstić information content (AvgIpc) is 1.93. The van der Waals surface area contributed by atoms with E-state index >= 15 is 0 Å². The number of hydrogen-bond acceptors (Lipinski definition) is 2. The van der Waals surface area contributed by atoms with Gasteiger partial charge in [0.2, 0.25) is 0 Å². The SMILES string of the molecule is CC(C)C1CN(C/C=C/CN)C1. The molecule has 1 rings (SSSR count). The number of hydrogen-bond donors (Lipinski definition) is 1. The molecular weight excluding hydrogens is 148 g/mol. The lowest BCUT2D eigenvalue weighted by Crippen LogP contribution is -2.48. The summed E-state index contributed by atoms with van der Waals surface area (Å²) in [5.74, 6) is 1.77. The number of rotatable bonds is 4. The van der Waals surface area contributed by atoms with Gasteiger partial charge in [0, 0.05) is 26.2 Å². The minimum absolute atomic E-state index is 0.668. The van der Waals surface area contributed by atoms with Gasteiger partial charge in [0.05, 0.1) is 0 Å². The van der Waals surface area contributed by atoms with E-state index in [0.717, 1.165) is 18.4 Å². The summed E-state index contributed by atoms with van der Waals surface area (Å²) in [5, 5.41) is 0. The maximum absolute atomic E-state index is 5.34. The zero-order chi connectivity index (χ0) is 8.97. The second-order valence-electron chi connectivity index (χ2n) is 3.93. The summed E-state index contributed by atoms with van der Waals surface area (Å²) < 4.78 is 0. The maximum atomic E-state index is 5.34. The highest BCUT2D eigenvalue weighted by Crippen LogP contribution is 2.22. The van der Waals surface area contributed by atoms with Crippen LogP contribution in [0.15, 0.2) is 12.2 Å². The molecule has 2 nitrogen and oxygen atoms in total. The van der Waals surface area contributed by atoms with Crippen molar-refractivity contribution in [1.29, 1.82) is 0 Å². The first kappa shape index (κ1) is 9.75. The van der Waals surface area contributed by atoms with Crippen LogP contribution in [-0.2, 0) is 0 Å². The Morgan fingerprint density at radius 2 is 2.08 bits per heavy atom. The number of nitrogens with two attached hydrogens (primary N) is 1. The molecule has 1 fully saturated rings. The predicted octanol–water partition coefficient (Wildman–Crippen LogP) is 1.09. The van der Waals surface area contributed by atoms with E-state index < -0.39 is 0 Å². The van der Waals surface area contributed by atoms with Gasteiger partial charge in [-0.1, -0.05) is 26.0 Å². The highest BCUT2D eigenvalue weighted by molar-refractivity contribution is 4.90. The van der Waals surface area contributed by atoms with Crippen LogP contribution in [0.5, 0.6) is 0 Å². The molecule has 0 aliphatic carbocycles. The zero-order valence-electron chi connectivity index (χ0n) is 8.16. The Bertz CT molecular complexity index is 146. The fourth-order valence-corrected chi connectivity index (χ4v) is 1.50. The van der Waals surface area contributed by atoms with Gasteiger partial charge in [0.1, 0.15) is 0 Å². The lowest BCUT2D eigenvalue weighted by Gasteiger charge is -2.41. The summed E-state index contributed by atoms with van der Waals surface area (Å²) in [6, 6.07) is 0. The molecule has 0 amide bonds. The van der Waals surface area contributed by atoms with Crippen LogP contribution in [0.1, 0.15) is 13.8 Å². The first-order chi connectivity index (χ1) is 5.74. The Kier molecular flexibility index (Phi) is 3.76. The molecule has 0 aromatic heterocycles. The van der Waals surface area contributed by atoms with E-state index in [-0.39, 0.29) is 0 Å². The lowest BCUT2D eigenvalue weighted by atomic mass is 9.88. The van der Waals surface area contributed by atoms with Crippen LogP contribution in [0.25, 0.3) is 0 Å². The molecule has 0 saturated carbocycles. The number of nitrogens with zero attached hydrogens (tertiary/aromatic N) is 1. The van der Waals surface area contributed by atoms with Crippen LogP contribution >= 0.6 is 0 Å². The minimum atomic E-state index is 0.668. The predicted molar refractivity (Wildman–Crippen MR) is 53.0 cm³/mol. The van der Waals surface area contributed by atoms with Gasteiger partial charge in [0.25, 0.3) is 0 Å². The van der Waals surface area contributed by atoms with Crippen molar-refractivity contribution in [3.05, 3.63) is 12.2 Å². The molecule has 2 heteroatoms. The summed E-state index contributed by atoms with van der Waals surface area (Å²) >= 11 is 0. The molecule has 1 saturated heterocycles. The molecule has 0 unspecified atom stereocenters. The summed E-state index contributed by atoms with van der Waals surface area (Å²) in [6.45, 7) is 8.90. The summed E-state index contributed by atoms with van der Waals surface area (Å²) in [6.07, 6.45) is 4.19. The molecule has 0 spiro atoms. The van der Waals surface area contributed by atoms with Crippen molar-refractivity contribution >= 4 is 0 Å². The third-order valence-corrected chi connectivity index (χ3v) is 2.59. The van der Waals surface area contributed by atoms with E-state index in [1.807, 2.05) is 6.08 Å². The molecule has 0 radical (unpaired) electrons. The standard InChI is InChI=1S/C10H20N2/c1-9(2)10-7-12(8-10)6-4-3-5-11/h3-4,9-10H,5-8,11H2,1-2H3/b4-3+. The molecule has 70 valence electrons. The Balaban J connectivity index is 2.06. The Labute approximate surface area is 75.4 Å². The average molecular weight is 168 g/mol. The third-order valence-electron chi connectivity index (χ3n) is 2.59. The third kappa shape index (κ3) is 2.61. The van der Waals surface area contributed by atoms with E-state index in [1.54, 1.807) is 0 Å². The summed E-state index contributed by atoms with van der Waals surface area (Å²) in [4.78, 5) is 2.46. The van der Waals surface area contributed by atoms with Gasteiger partial charge in [-0.2, -0.15) is 0 Å². The molecule has 0 aromatic rings. The summed E-state index contributed by atoms with van der Waals surface area (Å²) in [7, 11) is 0. The fourth-order valence-electron chi connectivity index (χ4n) is 1.50. The second-order valence-corrected chi connectivity index (χ2v) is 3.93. The molecule has 12 heavy (non-hydrogen) atoms. The first-order valence-electron chi connectivity index (χ1n) is 4.81. The topological polar surface area (TPSA) is 29.3 Å². The van der Waals surface area contributed by atoms with Crippen LogP contribution in [0.3, 0.4) is 0 Å². The number of likely N-dealkylation sites (tertiary alicyclic amines) is 1. The maximum Gasteiger partial charge on any atom is 0.0163 e. The van der Waals surface area contributed by atoms with Crippen molar-refractivity contribution in [2.45, 2.75) is 13.8 Å². The highest BCUT2D eigenvalue weighted by Gasteiger charge is 2.27. The molecule has 0 aromatic carbocycles. The van der Waals surface area contributed by atoms with Crippen molar-refractivity contribution in [2.24, 2.45) is 17.6 Å². The van der Waals surface area contributed by atoms with E-state index in [9.17, 15) is 0 Å².